The molecule has 0 amide bonds. The summed E-state index contributed by atoms with van der Waals surface area (Å²) < 4.78 is 13.9. The third-order valence-corrected chi connectivity index (χ3v) is 6.57. The van der Waals surface area contributed by atoms with Crippen LogP contribution < -0.4 is 0 Å². The van der Waals surface area contributed by atoms with E-state index in [0.717, 1.165) is 59.1 Å². The van der Waals surface area contributed by atoms with Crippen LogP contribution in [0, 0.1) is 0 Å². The van der Waals surface area contributed by atoms with Crippen molar-refractivity contribution in [2.45, 2.75) is 0 Å². The molecule has 0 bridgehead atoms. The molecular formula is C26H13BrO2. The monoisotopic (exact) mass is 436 g/mol. The molecular weight excluding hydrogens is 424 g/mol. The Bertz CT molecular complexity index is 1770. The summed E-state index contributed by atoms with van der Waals surface area (Å²) >= 11 is 3.76. The highest BCUT2D eigenvalue weighted by Crippen LogP contribution is 2.47. The van der Waals surface area contributed by atoms with Gasteiger partial charge in [-0.25, -0.2) is 0 Å². The molecule has 2 heterocycles. The lowest BCUT2D eigenvalue weighted by Crippen LogP contribution is -1.79. The maximum absolute atomic E-state index is 6.48. The molecule has 7 rings (SSSR count). The average molecular weight is 437 g/mol. The Hall–Kier alpha value is -3.30. The second-order valence-corrected chi connectivity index (χ2v) is 8.29. The third kappa shape index (κ3) is 1.91. The minimum Gasteiger partial charge on any atom is -0.455 e. The SMILES string of the molecule is Brc1cccc2oc3c4ccccc4c4oc5ccc6ccccc6c5c4c3c12. The van der Waals surface area contributed by atoms with Crippen LogP contribution in [0.2, 0.25) is 0 Å². The molecule has 0 unspecified atom stereocenters. The Morgan fingerprint density at radius 2 is 1.10 bits per heavy atom. The van der Waals surface area contributed by atoms with E-state index in [-0.39, 0.29) is 0 Å². The molecule has 0 aliphatic rings. The maximum Gasteiger partial charge on any atom is 0.144 e. The molecule has 0 radical (unpaired) electrons. The van der Waals surface area contributed by atoms with Crippen molar-refractivity contribution in [2.24, 2.45) is 0 Å². The summed E-state index contributed by atoms with van der Waals surface area (Å²) in [6.07, 6.45) is 0. The predicted octanol–water partition coefficient (Wildman–Crippen LogP) is 8.55. The van der Waals surface area contributed by atoms with Crippen LogP contribution in [0.4, 0.5) is 0 Å². The van der Waals surface area contributed by atoms with Gasteiger partial charge in [-0.1, -0.05) is 76.6 Å². The van der Waals surface area contributed by atoms with Gasteiger partial charge in [-0.3, -0.25) is 0 Å². The van der Waals surface area contributed by atoms with Crippen LogP contribution in [0.5, 0.6) is 0 Å². The first kappa shape index (κ1) is 15.6. The quantitative estimate of drug-likeness (QED) is 0.238. The van der Waals surface area contributed by atoms with Gasteiger partial charge in [0, 0.05) is 36.8 Å². The van der Waals surface area contributed by atoms with E-state index in [4.69, 9.17) is 8.83 Å². The Morgan fingerprint density at radius 3 is 1.86 bits per heavy atom. The molecule has 0 spiro atoms. The van der Waals surface area contributed by atoms with E-state index in [1.165, 1.54) is 10.8 Å². The van der Waals surface area contributed by atoms with E-state index in [0.29, 0.717) is 0 Å². The Balaban J connectivity index is 1.94. The molecule has 136 valence electrons. The highest BCUT2D eigenvalue weighted by Gasteiger charge is 2.22. The zero-order valence-corrected chi connectivity index (χ0v) is 16.8. The van der Waals surface area contributed by atoms with Crippen LogP contribution in [0.25, 0.3) is 65.4 Å². The second-order valence-electron chi connectivity index (χ2n) is 7.43. The van der Waals surface area contributed by atoms with E-state index in [1.807, 2.05) is 18.2 Å². The van der Waals surface area contributed by atoms with Gasteiger partial charge < -0.3 is 8.83 Å². The zero-order chi connectivity index (χ0) is 19.1. The highest BCUT2D eigenvalue weighted by atomic mass is 79.9. The lowest BCUT2D eigenvalue weighted by molar-refractivity contribution is 0.668. The Kier molecular flexibility index (Phi) is 2.90. The molecule has 0 saturated carbocycles. The Morgan fingerprint density at radius 1 is 0.483 bits per heavy atom. The van der Waals surface area contributed by atoms with Crippen molar-refractivity contribution in [1.29, 1.82) is 0 Å². The summed E-state index contributed by atoms with van der Waals surface area (Å²) in [5.41, 5.74) is 3.60. The van der Waals surface area contributed by atoms with E-state index in [2.05, 4.69) is 76.6 Å². The largest absolute Gasteiger partial charge is 0.455 e. The number of hydrogen-bond donors (Lipinski definition) is 0. The van der Waals surface area contributed by atoms with E-state index < -0.39 is 0 Å². The van der Waals surface area contributed by atoms with Gasteiger partial charge in [-0.2, -0.15) is 0 Å². The number of rotatable bonds is 0. The van der Waals surface area contributed by atoms with Crippen LogP contribution in [0.1, 0.15) is 0 Å². The summed E-state index contributed by atoms with van der Waals surface area (Å²) in [4.78, 5) is 0. The van der Waals surface area contributed by atoms with Crippen LogP contribution >= 0.6 is 15.9 Å². The van der Waals surface area contributed by atoms with Gasteiger partial charge in [-0.15, -0.1) is 0 Å². The molecule has 0 aliphatic carbocycles. The van der Waals surface area contributed by atoms with Crippen LogP contribution in [0.15, 0.2) is 92.2 Å². The van der Waals surface area contributed by atoms with Crippen molar-refractivity contribution >= 4 is 81.4 Å². The number of halogens is 1. The third-order valence-electron chi connectivity index (χ3n) is 5.91. The van der Waals surface area contributed by atoms with Gasteiger partial charge in [0.1, 0.15) is 22.3 Å². The van der Waals surface area contributed by atoms with Crippen molar-refractivity contribution in [1.82, 2.24) is 0 Å². The summed E-state index contributed by atoms with van der Waals surface area (Å²) in [6, 6.07) is 27.1. The van der Waals surface area contributed by atoms with Crippen molar-refractivity contribution in [3.63, 3.8) is 0 Å². The fraction of sp³-hybridized carbons (Fsp3) is 0. The van der Waals surface area contributed by atoms with Crippen molar-refractivity contribution in [3.05, 3.63) is 83.3 Å². The van der Waals surface area contributed by atoms with Crippen molar-refractivity contribution in [2.75, 3.05) is 0 Å². The van der Waals surface area contributed by atoms with E-state index >= 15 is 0 Å². The van der Waals surface area contributed by atoms with Gasteiger partial charge in [0.05, 0.1) is 0 Å². The molecule has 0 fully saturated rings. The lowest BCUT2D eigenvalue weighted by Gasteiger charge is -2.03. The van der Waals surface area contributed by atoms with Crippen LogP contribution in [0.3, 0.4) is 0 Å². The van der Waals surface area contributed by atoms with Gasteiger partial charge in [0.25, 0.3) is 0 Å². The lowest BCUT2D eigenvalue weighted by atomic mass is 9.97. The van der Waals surface area contributed by atoms with E-state index in [9.17, 15) is 0 Å². The number of benzene rings is 5. The van der Waals surface area contributed by atoms with Gasteiger partial charge in [0.2, 0.25) is 0 Å². The molecule has 5 aromatic carbocycles. The molecule has 0 aliphatic heterocycles. The molecule has 3 heteroatoms. The van der Waals surface area contributed by atoms with Gasteiger partial charge >= 0.3 is 0 Å². The first-order valence-corrected chi connectivity index (χ1v) is 10.4. The normalized spacial score (nSPS) is 12.3. The van der Waals surface area contributed by atoms with Crippen molar-refractivity contribution in [3.8, 4) is 0 Å². The first-order chi connectivity index (χ1) is 14.3. The molecule has 2 aromatic heterocycles. The molecule has 2 nitrogen and oxygen atoms in total. The predicted molar refractivity (Wildman–Crippen MR) is 124 cm³/mol. The zero-order valence-electron chi connectivity index (χ0n) is 15.2. The van der Waals surface area contributed by atoms with Crippen molar-refractivity contribution < 1.29 is 8.83 Å². The summed E-state index contributed by atoms with van der Waals surface area (Å²) in [5, 5.41) is 9.01. The first-order valence-electron chi connectivity index (χ1n) is 9.56. The molecule has 0 N–H and O–H groups in total. The average Bonchev–Trinajstić information content (AvgIpc) is 3.33. The second kappa shape index (κ2) is 5.40. The highest BCUT2D eigenvalue weighted by molar-refractivity contribution is 9.10. The topological polar surface area (TPSA) is 26.3 Å². The summed E-state index contributed by atoms with van der Waals surface area (Å²) in [7, 11) is 0. The fourth-order valence-electron chi connectivity index (χ4n) is 4.71. The van der Waals surface area contributed by atoms with Gasteiger partial charge in [-0.05, 0) is 29.0 Å². The molecule has 29 heavy (non-hydrogen) atoms. The number of furan rings is 2. The minimum atomic E-state index is 0.876. The van der Waals surface area contributed by atoms with Crippen LogP contribution in [-0.2, 0) is 0 Å². The fourth-order valence-corrected chi connectivity index (χ4v) is 5.26. The summed E-state index contributed by atoms with van der Waals surface area (Å²) in [6.45, 7) is 0. The maximum atomic E-state index is 6.48. The van der Waals surface area contributed by atoms with E-state index in [1.54, 1.807) is 0 Å². The standard InChI is InChI=1S/C26H13BrO2/c27-18-10-5-11-19-22(18)24-23-21-15-7-2-1-6-14(15)12-13-20(21)29-25(23)16-8-3-4-9-17(16)26(24)28-19/h1-13H. The number of hydrogen-bond acceptors (Lipinski definition) is 2. The molecule has 0 atom stereocenters. The van der Waals surface area contributed by atoms with Crippen LogP contribution in [-0.4, -0.2) is 0 Å². The smallest absolute Gasteiger partial charge is 0.144 e. The minimum absolute atomic E-state index is 0.876. The molecule has 7 aromatic rings. The Labute approximate surface area is 173 Å². The summed E-state index contributed by atoms with van der Waals surface area (Å²) in [5.74, 6) is 0. The molecule has 0 saturated heterocycles. The number of fused-ring (bicyclic) bond motifs is 12. The van der Waals surface area contributed by atoms with Gasteiger partial charge in [0.15, 0.2) is 0 Å².